The molecule has 0 unspecified atom stereocenters. The van der Waals surface area contributed by atoms with Gasteiger partial charge in [-0.2, -0.15) is 35.9 Å². The van der Waals surface area contributed by atoms with E-state index in [1.54, 1.807) is 7.16 Å². The van der Waals surface area contributed by atoms with Crippen molar-refractivity contribution < 1.29 is 26.2 Å². The predicted molar refractivity (Wildman–Crippen MR) is 134 cm³/mol. The van der Waals surface area contributed by atoms with Crippen molar-refractivity contribution in [3.63, 3.8) is 0 Å². The van der Waals surface area contributed by atoms with Gasteiger partial charge in [-0.1, -0.05) is 35.4 Å². The van der Waals surface area contributed by atoms with Gasteiger partial charge in [0.1, 0.15) is 0 Å². The summed E-state index contributed by atoms with van der Waals surface area (Å²) in [6.45, 7) is 0. The van der Waals surface area contributed by atoms with Gasteiger partial charge in [-0.15, -0.1) is 12.0 Å². The Bertz CT molecular complexity index is 1060. The summed E-state index contributed by atoms with van der Waals surface area (Å²) in [6, 6.07) is 39.8. The van der Waals surface area contributed by atoms with E-state index < -0.39 is 21.1 Å². The second-order valence-electron chi connectivity index (χ2n) is 7.37. The topological polar surface area (TPSA) is 0 Å². The molecule has 1 radical (unpaired) electrons. The van der Waals surface area contributed by atoms with Gasteiger partial charge in [-0.25, -0.2) is 12.2 Å². The first-order chi connectivity index (χ1) is 15.4. The van der Waals surface area contributed by atoms with E-state index in [0.29, 0.717) is 0 Å². The van der Waals surface area contributed by atoms with Crippen LogP contribution < -0.4 is 7.16 Å². The van der Waals surface area contributed by atoms with E-state index in [9.17, 15) is 0 Å². The van der Waals surface area contributed by atoms with Gasteiger partial charge in [0.15, 0.2) is 0 Å². The van der Waals surface area contributed by atoms with Crippen LogP contribution in [0.25, 0.3) is 11.1 Å². The molecule has 0 nitrogen and oxygen atoms in total. The van der Waals surface area contributed by atoms with E-state index in [1.165, 1.54) is 22.3 Å². The first-order valence-electron chi connectivity index (χ1n) is 10.6. The molecule has 6 rings (SSSR count). The van der Waals surface area contributed by atoms with Crippen LogP contribution >= 0.6 is 0 Å². The van der Waals surface area contributed by atoms with Crippen molar-refractivity contribution in [1.29, 1.82) is 0 Å². The third kappa shape index (κ3) is 7.29. The number of hydrogen-bond acceptors (Lipinski definition) is 0. The van der Waals surface area contributed by atoms with E-state index in [2.05, 4.69) is 115 Å². The van der Waals surface area contributed by atoms with Crippen LogP contribution in [0.4, 0.5) is 0 Å². The molecule has 153 valence electrons. The van der Waals surface area contributed by atoms with Crippen LogP contribution in [0, 0.1) is 12.1 Å². The summed E-state index contributed by atoms with van der Waals surface area (Å²) >= 11 is -0.699. The zero-order chi connectivity index (χ0) is 21.1. The van der Waals surface area contributed by atoms with Gasteiger partial charge >= 0.3 is 115 Å². The number of allylic oxidation sites excluding steroid dienone is 4. The zero-order valence-electron chi connectivity index (χ0n) is 18.0. The van der Waals surface area contributed by atoms with Crippen LogP contribution in [-0.2, 0) is 32.6 Å². The molecule has 2 aliphatic carbocycles. The van der Waals surface area contributed by atoms with E-state index in [1.807, 2.05) is 18.2 Å². The van der Waals surface area contributed by atoms with Gasteiger partial charge in [0.05, 0.1) is 0 Å². The van der Waals surface area contributed by atoms with Crippen LogP contribution in [0.1, 0.15) is 17.5 Å². The van der Waals surface area contributed by atoms with Crippen LogP contribution in [-0.4, -0.2) is 21.1 Å². The van der Waals surface area contributed by atoms with E-state index in [0.717, 1.165) is 12.8 Å². The Labute approximate surface area is 221 Å². The number of rotatable bonds is 2. The van der Waals surface area contributed by atoms with Crippen LogP contribution in [0.3, 0.4) is 0 Å². The van der Waals surface area contributed by atoms with Crippen molar-refractivity contribution in [1.82, 2.24) is 0 Å². The summed E-state index contributed by atoms with van der Waals surface area (Å²) in [6.07, 6.45) is 11.0. The third-order valence-electron chi connectivity index (χ3n) is 5.13. The second-order valence-corrected chi connectivity index (χ2v) is 12.0. The summed E-state index contributed by atoms with van der Waals surface area (Å²) < 4.78 is 3.12. The maximum atomic E-state index is 3.30. The molecule has 4 aromatic carbocycles. The monoisotopic (exact) mass is 595 g/mol. The first-order valence-corrected chi connectivity index (χ1v) is 13.9. The Morgan fingerprint density at radius 1 is 0.656 bits per heavy atom. The predicted octanol–water partition coefficient (Wildman–Crippen LogP) is 5.44. The van der Waals surface area contributed by atoms with E-state index >= 15 is 0 Å². The van der Waals surface area contributed by atoms with Crippen molar-refractivity contribution in [3.8, 4) is 11.1 Å². The Kier molecular flexibility index (Phi) is 10.5. The summed E-state index contributed by atoms with van der Waals surface area (Å²) in [5.41, 5.74) is 5.51. The fourth-order valence-electron chi connectivity index (χ4n) is 3.63. The minimum absolute atomic E-state index is 0. The molecular formula is C30H25SnZr. The third-order valence-corrected chi connectivity index (χ3v) is 9.23. The Hall–Kier alpha value is -1.96. The molecule has 0 bridgehead atoms. The van der Waals surface area contributed by atoms with Crippen molar-refractivity contribution in [2.45, 2.75) is 12.8 Å². The molecular weight excluding hydrogens is 570 g/mol. The number of benzene rings is 4. The zero-order valence-corrected chi connectivity index (χ0v) is 23.8. The molecule has 0 saturated carbocycles. The summed E-state index contributed by atoms with van der Waals surface area (Å²) in [7, 11) is 0. The molecule has 0 fully saturated rings. The second kappa shape index (κ2) is 13.6. The van der Waals surface area contributed by atoms with Crippen LogP contribution in [0.2, 0.25) is 0 Å². The Balaban J connectivity index is 0.000000145. The normalized spacial score (nSPS) is 11.8. The van der Waals surface area contributed by atoms with Gasteiger partial charge < -0.3 is 0 Å². The summed E-state index contributed by atoms with van der Waals surface area (Å²) in [4.78, 5) is 0. The van der Waals surface area contributed by atoms with E-state index in [-0.39, 0.29) is 26.2 Å². The molecule has 32 heavy (non-hydrogen) atoms. The molecule has 2 aliphatic rings. The maximum absolute atomic E-state index is 3.30. The van der Waals surface area contributed by atoms with Crippen LogP contribution in [0.5, 0.6) is 0 Å². The van der Waals surface area contributed by atoms with Crippen molar-refractivity contribution in [3.05, 3.63) is 145 Å². The molecule has 0 aliphatic heterocycles. The van der Waals surface area contributed by atoms with Gasteiger partial charge in [0.25, 0.3) is 0 Å². The average molecular weight is 595 g/mol. The summed E-state index contributed by atoms with van der Waals surface area (Å²) in [5.74, 6) is 0. The number of hydrogen-bond donors (Lipinski definition) is 0. The molecule has 0 atom stereocenters. The van der Waals surface area contributed by atoms with Gasteiger partial charge in [0.2, 0.25) is 0 Å². The van der Waals surface area contributed by atoms with E-state index in [4.69, 9.17) is 0 Å². The molecule has 0 aromatic heterocycles. The Morgan fingerprint density at radius 2 is 1.28 bits per heavy atom. The SMILES string of the molecule is [C-]1=CC=CC1.[Zr+2].[c-]1cccc2c1Cc1ccccc1-2.c1cc[c]([SnH][c]2ccccc2)cc1. The fourth-order valence-corrected chi connectivity index (χ4v) is 7.09. The van der Waals surface area contributed by atoms with Gasteiger partial charge in [0, 0.05) is 0 Å². The van der Waals surface area contributed by atoms with Crippen LogP contribution in [0.15, 0.2) is 121 Å². The molecule has 4 aromatic rings. The van der Waals surface area contributed by atoms with Gasteiger partial charge in [-0.05, 0) is 6.42 Å². The van der Waals surface area contributed by atoms with Crippen molar-refractivity contribution in [2.75, 3.05) is 0 Å². The summed E-state index contributed by atoms with van der Waals surface area (Å²) in [5, 5.41) is 0. The fraction of sp³-hybridized carbons (Fsp3) is 0.0667. The average Bonchev–Trinajstić information content (AvgIpc) is 3.53. The molecule has 0 heterocycles. The van der Waals surface area contributed by atoms with Gasteiger partial charge in [-0.3, -0.25) is 6.08 Å². The molecule has 2 heteroatoms. The molecule has 0 spiro atoms. The van der Waals surface area contributed by atoms with Crippen molar-refractivity contribution in [2.24, 2.45) is 0 Å². The number of fused-ring (bicyclic) bond motifs is 3. The molecule has 0 amide bonds. The molecule has 0 N–H and O–H groups in total. The quantitative estimate of drug-likeness (QED) is 0.189. The minimum atomic E-state index is -0.699. The van der Waals surface area contributed by atoms with Crippen molar-refractivity contribution >= 4 is 28.3 Å². The standard InChI is InChI=1S/C13H9.2C6H5.C5H5.Sn.Zr.H/c1-3-7-12-10(5-1)9-11-6-2-4-8-13(11)12;2*1-2-4-6-5-3-1;1-2-4-5-3-1;;;/h1-5,7-8H,9H2;2*1-5H;1-3H,4H2;;;/q-1;;;-1;;+2;. The first kappa shape index (κ1) is 24.7. The molecule has 0 saturated heterocycles. The Morgan fingerprint density at radius 3 is 1.88 bits per heavy atom.